The Kier molecular flexibility index (Phi) is 5.89. The van der Waals surface area contributed by atoms with E-state index in [-0.39, 0.29) is 17.3 Å². The van der Waals surface area contributed by atoms with E-state index in [2.05, 4.69) is 5.32 Å². The maximum absolute atomic E-state index is 13.4. The normalized spacial score (nSPS) is 16.1. The molecule has 1 saturated carbocycles. The van der Waals surface area contributed by atoms with Gasteiger partial charge in [-0.05, 0) is 74.1 Å². The second kappa shape index (κ2) is 8.03. The van der Waals surface area contributed by atoms with Crippen LogP contribution in [0.1, 0.15) is 42.4 Å². The van der Waals surface area contributed by atoms with Gasteiger partial charge in [-0.15, -0.1) is 0 Å². The molecule has 1 aliphatic rings. The molecular weight excluding hydrogens is 377 g/mol. The molecule has 3 rings (SSSR count). The van der Waals surface area contributed by atoms with E-state index in [0.717, 1.165) is 16.7 Å². The largest absolute Gasteiger partial charge is 0.354 e. The van der Waals surface area contributed by atoms with Gasteiger partial charge in [0, 0.05) is 6.54 Å². The van der Waals surface area contributed by atoms with Gasteiger partial charge in [0.15, 0.2) is 14.6 Å². The fraction of sp³-hybridized carbons (Fsp3) is 0.409. The van der Waals surface area contributed by atoms with Crippen LogP contribution in [0.4, 0.5) is 4.39 Å². The van der Waals surface area contributed by atoms with E-state index in [1.165, 1.54) is 12.1 Å². The monoisotopic (exact) mass is 403 g/mol. The van der Waals surface area contributed by atoms with Gasteiger partial charge in [0.05, 0.1) is 4.90 Å². The van der Waals surface area contributed by atoms with Crippen LogP contribution in [0.25, 0.3) is 0 Å². The highest BCUT2D eigenvalue weighted by molar-refractivity contribution is 7.93. The smallest absolute Gasteiger partial charge is 0.241 e. The molecule has 2 aromatic rings. The van der Waals surface area contributed by atoms with E-state index in [4.69, 9.17) is 0 Å². The third kappa shape index (κ3) is 3.83. The van der Waals surface area contributed by atoms with Crippen LogP contribution in [0.3, 0.4) is 0 Å². The summed E-state index contributed by atoms with van der Waals surface area (Å²) in [4.78, 5) is 13.2. The van der Waals surface area contributed by atoms with Gasteiger partial charge in [0.2, 0.25) is 5.91 Å². The topological polar surface area (TPSA) is 63.2 Å². The number of amides is 1. The van der Waals surface area contributed by atoms with Crippen LogP contribution in [0.5, 0.6) is 0 Å². The lowest BCUT2D eigenvalue weighted by Gasteiger charge is -2.28. The molecule has 0 atom stereocenters. The van der Waals surface area contributed by atoms with Gasteiger partial charge < -0.3 is 5.32 Å². The number of benzene rings is 2. The first kappa shape index (κ1) is 20.5. The first-order chi connectivity index (χ1) is 13.3. The van der Waals surface area contributed by atoms with E-state index in [9.17, 15) is 17.6 Å². The second-order valence-corrected chi connectivity index (χ2v) is 9.85. The van der Waals surface area contributed by atoms with Crippen LogP contribution >= 0.6 is 0 Å². The van der Waals surface area contributed by atoms with Crippen molar-refractivity contribution < 1.29 is 17.6 Å². The Balaban J connectivity index is 1.80. The molecule has 1 fully saturated rings. The molecule has 0 aromatic heterocycles. The van der Waals surface area contributed by atoms with Crippen LogP contribution in [0, 0.1) is 19.7 Å². The summed E-state index contributed by atoms with van der Waals surface area (Å²) >= 11 is 0. The zero-order valence-corrected chi connectivity index (χ0v) is 17.1. The minimum Gasteiger partial charge on any atom is -0.354 e. The van der Waals surface area contributed by atoms with Gasteiger partial charge in [0.25, 0.3) is 0 Å². The molecule has 0 radical (unpaired) electrons. The zero-order chi connectivity index (χ0) is 20.4. The van der Waals surface area contributed by atoms with Gasteiger partial charge in [-0.3, -0.25) is 4.79 Å². The van der Waals surface area contributed by atoms with Gasteiger partial charge in [0.1, 0.15) is 5.82 Å². The average Bonchev–Trinajstić information content (AvgIpc) is 3.16. The third-order valence-corrected chi connectivity index (χ3v) is 8.21. The first-order valence-corrected chi connectivity index (χ1v) is 11.1. The highest BCUT2D eigenvalue weighted by Gasteiger charge is 2.52. The summed E-state index contributed by atoms with van der Waals surface area (Å²) in [7, 11) is -3.81. The summed E-state index contributed by atoms with van der Waals surface area (Å²) < 4.78 is 38.7. The summed E-state index contributed by atoms with van der Waals surface area (Å²) in [5.74, 6) is -0.770. The fourth-order valence-corrected chi connectivity index (χ4v) is 6.02. The number of hydrogen-bond acceptors (Lipinski definition) is 3. The lowest BCUT2D eigenvalue weighted by molar-refractivity contribution is -0.123. The van der Waals surface area contributed by atoms with Crippen molar-refractivity contribution in [2.45, 2.75) is 55.6 Å². The van der Waals surface area contributed by atoms with Crippen molar-refractivity contribution in [2.75, 3.05) is 6.54 Å². The fourth-order valence-electron chi connectivity index (χ4n) is 3.84. The number of hydrogen-bond donors (Lipinski definition) is 1. The van der Waals surface area contributed by atoms with E-state index in [1.54, 1.807) is 30.3 Å². The van der Waals surface area contributed by atoms with Crippen molar-refractivity contribution in [3.63, 3.8) is 0 Å². The molecule has 2 aromatic carbocycles. The van der Waals surface area contributed by atoms with Crippen LogP contribution in [0.2, 0.25) is 0 Å². The summed E-state index contributed by atoms with van der Waals surface area (Å²) in [6.07, 6.45) is 2.52. The Morgan fingerprint density at radius 3 is 2.43 bits per heavy atom. The quantitative estimate of drug-likeness (QED) is 0.796. The molecule has 0 saturated heterocycles. The van der Waals surface area contributed by atoms with Crippen molar-refractivity contribution in [3.05, 3.63) is 65.0 Å². The number of halogens is 1. The molecule has 1 aliphatic carbocycles. The molecule has 0 aliphatic heterocycles. The lowest BCUT2D eigenvalue weighted by atomic mass is 10.1. The molecule has 4 nitrogen and oxygen atoms in total. The summed E-state index contributed by atoms with van der Waals surface area (Å²) in [5.41, 5.74) is 2.66. The number of nitrogens with one attached hydrogen (secondary N) is 1. The Hall–Kier alpha value is -2.21. The van der Waals surface area contributed by atoms with Crippen LogP contribution in [-0.4, -0.2) is 25.6 Å². The maximum atomic E-state index is 13.4. The molecule has 0 unspecified atom stereocenters. The minimum absolute atomic E-state index is 0.206. The van der Waals surface area contributed by atoms with Gasteiger partial charge in [-0.25, -0.2) is 12.8 Å². The SMILES string of the molecule is Cc1ccc(S(=O)(=O)C2(C(=O)NCCc3cccc(F)c3)CCCC2)cc1C. The molecule has 1 N–H and O–H groups in total. The van der Waals surface area contributed by atoms with Gasteiger partial charge >= 0.3 is 0 Å². The molecule has 6 heteroatoms. The number of carbonyl (C=O) groups excluding carboxylic acids is 1. The highest BCUT2D eigenvalue weighted by Crippen LogP contribution is 2.41. The lowest BCUT2D eigenvalue weighted by Crippen LogP contribution is -2.51. The Morgan fingerprint density at radius 2 is 1.79 bits per heavy atom. The molecule has 150 valence electrons. The minimum atomic E-state index is -3.81. The molecular formula is C22H26FNO3S. The average molecular weight is 404 g/mol. The van der Waals surface area contributed by atoms with Crippen LogP contribution in [-0.2, 0) is 21.1 Å². The highest BCUT2D eigenvalue weighted by atomic mass is 32.2. The first-order valence-electron chi connectivity index (χ1n) is 9.61. The van der Waals surface area contributed by atoms with Crippen molar-refractivity contribution >= 4 is 15.7 Å². The number of carbonyl (C=O) groups is 1. The second-order valence-electron chi connectivity index (χ2n) is 7.59. The van der Waals surface area contributed by atoms with Crippen molar-refractivity contribution in [3.8, 4) is 0 Å². The predicted molar refractivity (Wildman–Crippen MR) is 107 cm³/mol. The molecule has 0 heterocycles. The standard InChI is InChI=1S/C22H26FNO3S/c1-16-8-9-20(14-17(16)2)28(26,27)22(11-3-4-12-22)21(25)24-13-10-18-6-5-7-19(23)15-18/h5-9,14-15H,3-4,10-13H2,1-2H3,(H,24,25). The van der Waals surface area contributed by atoms with Crippen LogP contribution in [0.15, 0.2) is 47.4 Å². The number of aryl methyl sites for hydroxylation is 2. The molecule has 0 bridgehead atoms. The third-order valence-electron chi connectivity index (χ3n) is 5.72. The number of sulfone groups is 1. The van der Waals surface area contributed by atoms with Crippen molar-refractivity contribution in [1.82, 2.24) is 5.32 Å². The maximum Gasteiger partial charge on any atom is 0.241 e. The van der Waals surface area contributed by atoms with E-state index < -0.39 is 20.5 Å². The van der Waals surface area contributed by atoms with Gasteiger partial charge in [-0.2, -0.15) is 0 Å². The summed E-state index contributed by atoms with van der Waals surface area (Å²) in [6, 6.07) is 11.2. The van der Waals surface area contributed by atoms with E-state index in [0.29, 0.717) is 32.1 Å². The number of rotatable bonds is 6. The zero-order valence-electron chi connectivity index (χ0n) is 16.3. The summed E-state index contributed by atoms with van der Waals surface area (Å²) in [6.45, 7) is 4.07. The van der Waals surface area contributed by atoms with Crippen molar-refractivity contribution in [1.29, 1.82) is 0 Å². The Bertz CT molecular complexity index is 979. The predicted octanol–water partition coefficient (Wildman–Crippen LogP) is 3.89. The van der Waals surface area contributed by atoms with Gasteiger partial charge in [-0.1, -0.05) is 31.0 Å². The molecule has 0 spiro atoms. The molecule has 1 amide bonds. The van der Waals surface area contributed by atoms with Crippen LogP contribution < -0.4 is 5.32 Å². The molecule has 28 heavy (non-hydrogen) atoms. The Morgan fingerprint density at radius 1 is 1.07 bits per heavy atom. The van der Waals surface area contributed by atoms with Crippen molar-refractivity contribution in [2.24, 2.45) is 0 Å². The Labute approximate surface area is 166 Å². The summed E-state index contributed by atoms with van der Waals surface area (Å²) in [5, 5.41) is 2.79. The van der Waals surface area contributed by atoms with E-state index >= 15 is 0 Å². The van der Waals surface area contributed by atoms with E-state index in [1.807, 2.05) is 13.8 Å².